The minimum atomic E-state index is -1.51. The lowest BCUT2D eigenvalue weighted by molar-refractivity contribution is -0.292. The molecule has 96 valence electrons. The fraction of sp³-hybridized carbons (Fsp3) is 1.00. The van der Waals surface area contributed by atoms with Gasteiger partial charge in [0.15, 0.2) is 6.29 Å². The van der Waals surface area contributed by atoms with E-state index in [-0.39, 0.29) is 6.61 Å². The van der Waals surface area contributed by atoms with Crippen LogP contribution in [0.4, 0.5) is 0 Å². The molecule has 1 aliphatic rings. The van der Waals surface area contributed by atoms with Gasteiger partial charge in [0.05, 0.1) is 12.2 Å². The monoisotopic (exact) mass is 236 g/mol. The molecule has 0 amide bonds. The second kappa shape index (κ2) is 4.95. The van der Waals surface area contributed by atoms with Gasteiger partial charge in [0.2, 0.25) is 0 Å². The third kappa shape index (κ3) is 3.38. The largest absolute Gasteiger partial charge is 0.387 e. The van der Waals surface area contributed by atoms with Crippen LogP contribution in [-0.2, 0) is 9.47 Å². The zero-order valence-corrected chi connectivity index (χ0v) is 9.70. The first kappa shape index (κ1) is 13.8. The first-order valence-corrected chi connectivity index (χ1v) is 5.24. The molecule has 0 aliphatic carbocycles. The lowest BCUT2D eigenvalue weighted by Crippen LogP contribution is -2.58. The second-order valence-electron chi connectivity index (χ2n) is 4.96. The minimum Gasteiger partial charge on any atom is -0.387 e. The first-order valence-electron chi connectivity index (χ1n) is 5.24. The number of hydrogen-bond acceptors (Lipinski definition) is 6. The molecule has 5 atom stereocenters. The van der Waals surface area contributed by atoms with Gasteiger partial charge in [-0.25, -0.2) is 0 Å². The number of ether oxygens (including phenoxy) is 2. The molecule has 0 radical (unpaired) electrons. The molecule has 0 aromatic rings. The SMILES string of the molecule is CC(C)(C)OC[C@H]1O[C@H](O)[C@H](O)[C@@H](O)[C@@H]1O. The molecule has 1 rings (SSSR count). The van der Waals surface area contributed by atoms with Crippen LogP contribution >= 0.6 is 0 Å². The van der Waals surface area contributed by atoms with Gasteiger partial charge < -0.3 is 29.9 Å². The van der Waals surface area contributed by atoms with E-state index in [1.165, 1.54) is 0 Å². The van der Waals surface area contributed by atoms with Crippen LogP contribution in [0.3, 0.4) is 0 Å². The van der Waals surface area contributed by atoms with Crippen LogP contribution in [0.25, 0.3) is 0 Å². The van der Waals surface area contributed by atoms with E-state index in [0.717, 1.165) is 0 Å². The summed E-state index contributed by atoms with van der Waals surface area (Å²) in [6, 6.07) is 0. The van der Waals surface area contributed by atoms with E-state index in [4.69, 9.17) is 9.47 Å². The van der Waals surface area contributed by atoms with Gasteiger partial charge in [-0.15, -0.1) is 0 Å². The van der Waals surface area contributed by atoms with Crippen LogP contribution in [0.15, 0.2) is 0 Å². The van der Waals surface area contributed by atoms with Gasteiger partial charge in [0.25, 0.3) is 0 Å². The highest BCUT2D eigenvalue weighted by atomic mass is 16.6. The van der Waals surface area contributed by atoms with Crippen LogP contribution in [-0.4, -0.2) is 63.3 Å². The van der Waals surface area contributed by atoms with Crippen LogP contribution in [0.5, 0.6) is 0 Å². The Morgan fingerprint density at radius 3 is 2.06 bits per heavy atom. The molecule has 0 bridgehead atoms. The maximum atomic E-state index is 9.60. The summed E-state index contributed by atoms with van der Waals surface area (Å²) in [6.07, 6.45) is -6.57. The molecule has 1 heterocycles. The van der Waals surface area contributed by atoms with E-state index >= 15 is 0 Å². The fourth-order valence-corrected chi connectivity index (χ4v) is 1.40. The van der Waals surface area contributed by atoms with Gasteiger partial charge in [-0.3, -0.25) is 0 Å². The molecule has 1 fully saturated rings. The summed E-state index contributed by atoms with van der Waals surface area (Å²) >= 11 is 0. The molecule has 1 saturated heterocycles. The van der Waals surface area contributed by atoms with Crippen molar-refractivity contribution in [2.45, 2.75) is 57.1 Å². The number of hydrogen-bond donors (Lipinski definition) is 4. The molecule has 0 saturated carbocycles. The van der Waals surface area contributed by atoms with E-state index in [1.54, 1.807) is 0 Å². The number of aliphatic hydroxyl groups is 4. The molecule has 16 heavy (non-hydrogen) atoms. The van der Waals surface area contributed by atoms with E-state index in [2.05, 4.69) is 0 Å². The van der Waals surface area contributed by atoms with Crippen molar-refractivity contribution in [2.24, 2.45) is 0 Å². The van der Waals surface area contributed by atoms with Gasteiger partial charge in [-0.1, -0.05) is 0 Å². The van der Waals surface area contributed by atoms with E-state index < -0.39 is 36.3 Å². The van der Waals surface area contributed by atoms with E-state index in [9.17, 15) is 20.4 Å². The first-order chi connectivity index (χ1) is 7.22. The normalized spacial score (nSPS) is 41.1. The van der Waals surface area contributed by atoms with Crippen molar-refractivity contribution in [2.75, 3.05) is 6.61 Å². The maximum absolute atomic E-state index is 9.60. The average Bonchev–Trinajstić information content (AvgIpc) is 2.17. The molecule has 0 unspecified atom stereocenters. The Kier molecular flexibility index (Phi) is 4.28. The van der Waals surface area contributed by atoms with Crippen LogP contribution in [0.1, 0.15) is 20.8 Å². The molecular formula is C10H20O6. The van der Waals surface area contributed by atoms with Crippen molar-refractivity contribution in [3.63, 3.8) is 0 Å². The Morgan fingerprint density at radius 2 is 1.56 bits per heavy atom. The summed E-state index contributed by atoms with van der Waals surface area (Å²) in [6.45, 7) is 5.54. The van der Waals surface area contributed by atoms with Gasteiger partial charge in [-0.05, 0) is 20.8 Å². The maximum Gasteiger partial charge on any atom is 0.184 e. The lowest BCUT2D eigenvalue weighted by Gasteiger charge is -2.39. The average molecular weight is 236 g/mol. The summed E-state index contributed by atoms with van der Waals surface area (Å²) in [5.74, 6) is 0. The zero-order valence-electron chi connectivity index (χ0n) is 9.70. The highest BCUT2D eigenvalue weighted by molar-refractivity contribution is 4.88. The Labute approximate surface area is 94.4 Å². The molecule has 0 aromatic heterocycles. The highest BCUT2D eigenvalue weighted by Crippen LogP contribution is 2.21. The summed E-state index contributed by atoms with van der Waals surface area (Å²) in [4.78, 5) is 0. The van der Waals surface area contributed by atoms with E-state index in [0.29, 0.717) is 0 Å². The van der Waals surface area contributed by atoms with Crippen molar-refractivity contribution in [3.05, 3.63) is 0 Å². The summed E-state index contributed by atoms with van der Waals surface area (Å²) in [5.41, 5.74) is -0.408. The van der Waals surface area contributed by atoms with Crippen molar-refractivity contribution < 1.29 is 29.9 Å². The number of aliphatic hydroxyl groups excluding tert-OH is 4. The quantitative estimate of drug-likeness (QED) is 0.471. The van der Waals surface area contributed by atoms with Crippen LogP contribution in [0, 0.1) is 0 Å². The third-order valence-corrected chi connectivity index (χ3v) is 2.37. The minimum absolute atomic E-state index is 0.0332. The van der Waals surface area contributed by atoms with Gasteiger partial charge in [-0.2, -0.15) is 0 Å². The topological polar surface area (TPSA) is 99.4 Å². The Balaban J connectivity index is 2.54. The van der Waals surface area contributed by atoms with Crippen molar-refractivity contribution in [3.8, 4) is 0 Å². The molecule has 0 spiro atoms. The molecule has 4 N–H and O–H groups in total. The lowest BCUT2D eigenvalue weighted by atomic mass is 9.99. The summed E-state index contributed by atoms with van der Waals surface area (Å²) < 4.78 is 10.3. The molecule has 0 aromatic carbocycles. The smallest absolute Gasteiger partial charge is 0.184 e. The van der Waals surface area contributed by atoms with Gasteiger partial charge in [0, 0.05) is 0 Å². The van der Waals surface area contributed by atoms with Crippen molar-refractivity contribution in [1.29, 1.82) is 0 Å². The Bertz CT molecular complexity index is 226. The third-order valence-electron chi connectivity index (χ3n) is 2.37. The summed E-state index contributed by atoms with van der Waals surface area (Å²) in [5, 5.41) is 37.5. The predicted octanol–water partition coefficient (Wildman–Crippen LogP) is -1.40. The number of rotatable bonds is 2. The molecule has 6 heteroatoms. The zero-order chi connectivity index (χ0) is 12.5. The Morgan fingerprint density at radius 1 is 1.00 bits per heavy atom. The fourth-order valence-electron chi connectivity index (χ4n) is 1.40. The van der Waals surface area contributed by atoms with Gasteiger partial charge >= 0.3 is 0 Å². The van der Waals surface area contributed by atoms with Crippen LogP contribution < -0.4 is 0 Å². The second-order valence-corrected chi connectivity index (χ2v) is 4.96. The molecule has 6 nitrogen and oxygen atoms in total. The standard InChI is InChI=1S/C10H20O6/c1-10(2,3)15-4-5-6(11)7(12)8(13)9(14)16-5/h5-9,11-14H,4H2,1-3H3/t5-,6-,7+,8-,9+/m1/s1. The van der Waals surface area contributed by atoms with E-state index in [1.807, 2.05) is 20.8 Å². The van der Waals surface area contributed by atoms with Crippen molar-refractivity contribution >= 4 is 0 Å². The van der Waals surface area contributed by atoms with Crippen molar-refractivity contribution in [1.82, 2.24) is 0 Å². The summed E-state index contributed by atoms with van der Waals surface area (Å²) in [7, 11) is 0. The molecule has 1 aliphatic heterocycles. The van der Waals surface area contributed by atoms with Crippen LogP contribution in [0.2, 0.25) is 0 Å². The predicted molar refractivity (Wildman–Crippen MR) is 54.6 cm³/mol. The Hall–Kier alpha value is -0.240. The highest BCUT2D eigenvalue weighted by Gasteiger charge is 2.43. The molecular weight excluding hydrogens is 216 g/mol. The van der Waals surface area contributed by atoms with Gasteiger partial charge in [0.1, 0.15) is 24.4 Å².